The van der Waals surface area contributed by atoms with Crippen molar-refractivity contribution in [2.75, 3.05) is 0 Å². The highest BCUT2D eigenvalue weighted by Gasteiger charge is 2.14. The Morgan fingerprint density at radius 1 is 1.30 bits per heavy atom. The van der Waals surface area contributed by atoms with E-state index >= 15 is 0 Å². The highest BCUT2D eigenvalue weighted by atomic mass is 32.1. The molecule has 4 heteroatoms. The minimum absolute atomic E-state index is 0.173. The van der Waals surface area contributed by atoms with Crippen molar-refractivity contribution in [1.82, 2.24) is 4.98 Å². The third kappa shape index (κ3) is 3.45. The van der Waals surface area contributed by atoms with Crippen LogP contribution < -0.4 is 0 Å². The summed E-state index contributed by atoms with van der Waals surface area (Å²) in [7, 11) is 0. The van der Waals surface area contributed by atoms with Crippen LogP contribution in [0.3, 0.4) is 0 Å². The van der Waals surface area contributed by atoms with E-state index in [0.29, 0.717) is 6.42 Å². The zero-order valence-corrected chi connectivity index (χ0v) is 12.7. The summed E-state index contributed by atoms with van der Waals surface area (Å²) in [6.07, 6.45) is 2.69. The summed E-state index contributed by atoms with van der Waals surface area (Å²) >= 11 is 1.63. The van der Waals surface area contributed by atoms with Gasteiger partial charge in [-0.05, 0) is 25.3 Å². The van der Waals surface area contributed by atoms with Crippen LogP contribution in [0.1, 0.15) is 35.9 Å². The Morgan fingerprint density at radius 2 is 2.05 bits per heavy atom. The van der Waals surface area contributed by atoms with Gasteiger partial charge in [-0.2, -0.15) is 0 Å². The third-order valence-corrected chi connectivity index (χ3v) is 4.40. The van der Waals surface area contributed by atoms with Gasteiger partial charge >= 0.3 is 5.97 Å². The van der Waals surface area contributed by atoms with Crippen molar-refractivity contribution in [1.29, 1.82) is 0 Å². The zero-order valence-electron chi connectivity index (χ0n) is 11.8. The zero-order chi connectivity index (χ0) is 14.5. The molecule has 0 aliphatic heterocycles. The Balaban J connectivity index is 2.33. The molecule has 0 fully saturated rings. The fraction of sp³-hybridized carbons (Fsp3) is 0.375. The number of benzene rings is 1. The molecule has 1 aromatic heterocycles. The quantitative estimate of drug-likeness (QED) is 0.871. The van der Waals surface area contributed by atoms with Crippen LogP contribution in [0, 0.1) is 6.92 Å². The summed E-state index contributed by atoms with van der Waals surface area (Å²) in [5, 5.41) is 9.85. The van der Waals surface area contributed by atoms with Gasteiger partial charge in [0.15, 0.2) is 0 Å². The first-order valence-corrected chi connectivity index (χ1v) is 7.69. The van der Waals surface area contributed by atoms with Crippen molar-refractivity contribution in [3.05, 3.63) is 40.4 Å². The number of carboxylic acid groups (broad SMARTS) is 1. The van der Waals surface area contributed by atoms with Gasteiger partial charge in [0.25, 0.3) is 0 Å². The average molecular weight is 289 g/mol. The predicted octanol–water partition coefficient (Wildman–Crippen LogP) is 4.09. The minimum atomic E-state index is -0.752. The number of thiazole rings is 1. The van der Waals surface area contributed by atoms with E-state index in [1.807, 2.05) is 12.1 Å². The molecular weight excluding hydrogens is 270 g/mol. The molecule has 3 nitrogen and oxygen atoms in total. The molecule has 20 heavy (non-hydrogen) atoms. The molecule has 0 aliphatic carbocycles. The first-order chi connectivity index (χ1) is 9.61. The lowest BCUT2D eigenvalue weighted by Crippen LogP contribution is -1.98. The first kappa shape index (κ1) is 14.7. The largest absolute Gasteiger partial charge is 0.481 e. The number of nitrogens with zero attached hydrogens (tertiary/aromatic N) is 1. The molecule has 1 heterocycles. The third-order valence-electron chi connectivity index (χ3n) is 3.21. The van der Waals surface area contributed by atoms with Crippen molar-refractivity contribution < 1.29 is 9.90 Å². The van der Waals surface area contributed by atoms with Crippen LogP contribution >= 0.6 is 11.3 Å². The maximum atomic E-state index is 10.8. The van der Waals surface area contributed by atoms with Gasteiger partial charge in [-0.1, -0.05) is 37.6 Å². The van der Waals surface area contributed by atoms with E-state index in [1.165, 1.54) is 5.56 Å². The molecule has 0 atom stereocenters. The standard InChI is InChI=1S/C16H19NO2S/c1-3-6-13-14(9-10-15(18)19)20-16(17-13)12-8-5-4-7-11(12)2/h4-5,7-8H,3,6,9-10H2,1-2H3,(H,18,19). The molecule has 2 rings (SSSR count). The van der Waals surface area contributed by atoms with Crippen LogP contribution in [0.5, 0.6) is 0 Å². The van der Waals surface area contributed by atoms with E-state index in [2.05, 4.69) is 26.0 Å². The highest BCUT2D eigenvalue weighted by Crippen LogP contribution is 2.31. The summed E-state index contributed by atoms with van der Waals surface area (Å²) in [4.78, 5) is 16.6. The summed E-state index contributed by atoms with van der Waals surface area (Å²) in [5.74, 6) is -0.752. The second-order valence-electron chi connectivity index (χ2n) is 4.85. The van der Waals surface area contributed by atoms with Crippen LogP contribution in [0.15, 0.2) is 24.3 Å². The molecule has 0 bridgehead atoms. The van der Waals surface area contributed by atoms with Crippen LogP contribution in [0.4, 0.5) is 0 Å². The second kappa shape index (κ2) is 6.66. The lowest BCUT2D eigenvalue weighted by molar-refractivity contribution is -0.136. The number of hydrogen-bond donors (Lipinski definition) is 1. The SMILES string of the molecule is CCCc1nc(-c2ccccc2C)sc1CCC(=O)O. The molecule has 106 valence electrons. The summed E-state index contributed by atoms with van der Waals surface area (Å²) in [6, 6.07) is 8.18. The van der Waals surface area contributed by atoms with Crippen molar-refractivity contribution in [2.24, 2.45) is 0 Å². The maximum Gasteiger partial charge on any atom is 0.303 e. The number of carbonyl (C=O) groups is 1. The summed E-state index contributed by atoms with van der Waals surface area (Å²) < 4.78 is 0. The van der Waals surface area contributed by atoms with Crippen LogP contribution in [-0.4, -0.2) is 16.1 Å². The second-order valence-corrected chi connectivity index (χ2v) is 5.93. The van der Waals surface area contributed by atoms with Gasteiger partial charge in [-0.15, -0.1) is 11.3 Å². The molecule has 0 saturated heterocycles. The van der Waals surface area contributed by atoms with E-state index < -0.39 is 5.97 Å². The van der Waals surface area contributed by atoms with Crippen LogP contribution in [0.25, 0.3) is 10.6 Å². The molecule has 0 saturated carbocycles. The maximum absolute atomic E-state index is 10.8. The highest BCUT2D eigenvalue weighted by molar-refractivity contribution is 7.15. The van der Waals surface area contributed by atoms with Gasteiger partial charge in [-0.3, -0.25) is 4.79 Å². The van der Waals surface area contributed by atoms with Gasteiger partial charge in [0.1, 0.15) is 5.01 Å². The Labute approximate surface area is 123 Å². The molecule has 1 N–H and O–H groups in total. The molecule has 2 aromatic rings. The van der Waals surface area contributed by atoms with Crippen LogP contribution in [0.2, 0.25) is 0 Å². The summed E-state index contributed by atoms with van der Waals surface area (Å²) in [6.45, 7) is 4.20. The number of hydrogen-bond acceptors (Lipinski definition) is 3. The van der Waals surface area contributed by atoms with Crippen LogP contribution in [-0.2, 0) is 17.6 Å². The Morgan fingerprint density at radius 3 is 2.70 bits per heavy atom. The van der Waals surface area contributed by atoms with Gasteiger partial charge in [0, 0.05) is 10.4 Å². The molecule has 0 aliphatic rings. The summed E-state index contributed by atoms with van der Waals surface area (Å²) in [5.41, 5.74) is 3.42. The number of aliphatic carboxylic acids is 1. The molecule has 0 unspecified atom stereocenters. The Bertz CT molecular complexity index is 604. The van der Waals surface area contributed by atoms with Crippen molar-refractivity contribution in [2.45, 2.75) is 39.5 Å². The van der Waals surface area contributed by atoms with E-state index in [-0.39, 0.29) is 6.42 Å². The van der Waals surface area contributed by atoms with E-state index in [0.717, 1.165) is 34.0 Å². The lowest BCUT2D eigenvalue weighted by atomic mass is 10.1. The Hall–Kier alpha value is -1.68. The number of aromatic nitrogens is 1. The first-order valence-electron chi connectivity index (χ1n) is 6.88. The molecule has 0 spiro atoms. The fourth-order valence-corrected chi connectivity index (χ4v) is 3.36. The lowest BCUT2D eigenvalue weighted by Gasteiger charge is -2.00. The smallest absolute Gasteiger partial charge is 0.303 e. The molecule has 0 radical (unpaired) electrons. The monoisotopic (exact) mass is 289 g/mol. The predicted molar refractivity (Wildman–Crippen MR) is 82.2 cm³/mol. The topological polar surface area (TPSA) is 50.2 Å². The normalized spacial score (nSPS) is 10.7. The van der Waals surface area contributed by atoms with Crippen molar-refractivity contribution >= 4 is 17.3 Å². The molecular formula is C16H19NO2S. The van der Waals surface area contributed by atoms with E-state index in [1.54, 1.807) is 11.3 Å². The number of rotatable bonds is 6. The van der Waals surface area contributed by atoms with Crippen molar-refractivity contribution in [3.8, 4) is 10.6 Å². The molecule has 1 aromatic carbocycles. The Kier molecular flexibility index (Phi) is 4.90. The van der Waals surface area contributed by atoms with Gasteiger partial charge in [0.2, 0.25) is 0 Å². The van der Waals surface area contributed by atoms with E-state index in [4.69, 9.17) is 10.1 Å². The van der Waals surface area contributed by atoms with Gasteiger partial charge in [0.05, 0.1) is 12.1 Å². The van der Waals surface area contributed by atoms with Gasteiger partial charge < -0.3 is 5.11 Å². The minimum Gasteiger partial charge on any atom is -0.481 e. The molecule has 0 amide bonds. The number of carboxylic acids is 1. The van der Waals surface area contributed by atoms with Crippen molar-refractivity contribution in [3.63, 3.8) is 0 Å². The average Bonchev–Trinajstić information content (AvgIpc) is 2.80. The number of aryl methyl sites for hydroxylation is 3. The van der Waals surface area contributed by atoms with Gasteiger partial charge in [-0.25, -0.2) is 4.98 Å². The fourth-order valence-electron chi connectivity index (χ4n) is 2.16. The van der Waals surface area contributed by atoms with E-state index in [9.17, 15) is 4.79 Å².